The smallest absolute Gasteiger partial charge is 0.248 e. The summed E-state index contributed by atoms with van der Waals surface area (Å²) in [6.45, 7) is 4.39. The molecule has 2 saturated heterocycles. The van der Waals surface area contributed by atoms with Crippen LogP contribution in [0.1, 0.15) is 5.56 Å². The molecule has 0 saturated carbocycles. The molecule has 0 radical (unpaired) electrons. The minimum atomic E-state index is -0.411. The van der Waals surface area contributed by atoms with Crippen LogP contribution >= 0.6 is 0 Å². The van der Waals surface area contributed by atoms with Crippen molar-refractivity contribution in [3.8, 4) is 0 Å². The number of carbonyl (C=O) groups excluding carboxylic acids is 1. The van der Waals surface area contributed by atoms with Crippen LogP contribution in [-0.2, 0) is 20.8 Å². The molecule has 3 rings (SSSR count). The monoisotopic (exact) mass is 291 g/mol. The summed E-state index contributed by atoms with van der Waals surface area (Å²) in [4.78, 5) is 19.8. The van der Waals surface area contributed by atoms with Crippen LogP contribution in [-0.4, -0.2) is 72.8 Å². The zero-order chi connectivity index (χ0) is 14.7. The summed E-state index contributed by atoms with van der Waals surface area (Å²) >= 11 is 0. The fourth-order valence-corrected chi connectivity index (χ4v) is 2.99. The Morgan fingerprint density at radius 2 is 2.14 bits per heavy atom. The number of hydrogen-bond acceptors (Lipinski definition) is 5. The first-order valence-corrected chi connectivity index (χ1v) is 7.24. The Morgan fingerprint density at radius 3 is 2.95 bits per heavy atom. The Bertz CT molecular complexity index is 496. The number of ether oxygens (including phenoxy) is 2. The maximum atomic E-state index is 11.7. The van der Waals surface area contributed by atoms with Gasteiger partial charge in [0.2, 0.25) is 5.91 Å². The molecule has 6 nitrogen and oxygen atoms in total. The van der Waals surface area contributed by atoms with E-state index in [0.29, 0.717) is 19.8 Å². The van der Waals surface area contributed by atoms with Crippen molar-refractivity contribution in [2.75, 3.05) is 46.5 Å². The van der Waals surface area contributed by atoms with Crippen LogP contribution < -0.4 is 0 Å². The van der Waals surface area contributed by atoms with Gasteiger partial charge in [0.1, 0.15) is 12.2 Å². The summed E-state index contributed by atoms with van der Waals surface area (Å²) in [5.41, 5.74) is 0.827. The number of hydrogen-bond donors (Lipinski definition) is 0. The molecule has 114 valence electrons. The van der Waals surface area contributed by atoms with E-state index < -0.39 is 5.60 Å². The molecule has 0 bridgehead atoms. The molecule has 0 N–H and O–H groups in total. The van der Waals surface area contributed by atoms with Crippen LogP contribution in [0.25, 0.3) is 0 Å². The number of aromatic nitrogens is 1. The van der Waals surface area contributed by atoms with Gasteiger partial charge in [-0.25, -0.2) is 0 Å². The molecule has 1 atom stereocenters. The largest absolute Gasteiger partial charge is 0.369 e. The van der Waals surface area contributed by atoms with Gasteiger partial charge in [0.05, 0.1) is 19.8 Å². The number of nitrogens with zero attached hydrogens (tertiary/aromatic N) is 3. The van der Waals surface area contributed by atoms with E-state index in [9.17, 15) is 4.79 Å². The summed E-state index contributed by atoms with van der Waals surface area (Å²) < 4.78 is 11.5. The number of carbonyl (C=O) groups is 1. The van der Waals surface area contributed by atoms with Gasteiger partial charge in [0.15, 0.2) is 0 Å². The van der Waals surface area contributed by atoms with E-state index in [1.54, 1.807) is 4.90 Å². The molecule has 6 heteroatoms. The van der Waals surface area contributed by atoms with Gasteiger partial charge in [0, 0.05) is 39.1 Å². The second kappa shape index (κ2) is 6.09. The third-order valence-electron chi connectivity index (χ3n) is 4.02. The van der Waals surface area contributed by atoms with Crippen molar-refractivity contribution in [3.63, 3.8) is 0 Å². The molecule has 21 heavy (non-hydrogen) atoms. The Hall–Kier alpha value is -1.50. The average Bonchev–Trinajstić information content (AvgIpc) is 2.60. The van der Waals surface area contributed by atoms with Crippen molar-refractivity contribution < 1.29 is 14.3 Å². The number of likely N-dealkylation sites (N-methyl/N-ethyl adjacent to an activating group) is 1. The molecule has 3 heterocycles. The van der Waals surface area contributed by atoms with Crippen molar-refractivity contribution in [1.29, 1.82) is 0 Å². The van der Waals surface area contributed by atoms with Crippen LogP contribution in [0.15, 0.2) is 24.5 Å². The van der Waals surface area contributed by atoms with Crippen LogP contribution in [0.5, 0.6) is 0 Å². The van der Waals surface area contributed by atoms with Gasteiger partial charge in [-0.3, -0.25) is 14.7 Å². The Morgan fingerprint density at radius 1 is 1.33 bits per heavy atom. The molecular weight excluding hydrogens is 270 g/mol. The summed E-state index contributed by atoms with van der Waals surface area (Å²) in [7, 11) is 1.81. The van der Waals surface area contributed by atoms with E-state index in [4.69, 9.17) is 9.47 Å². The lowest BCUT2D eigenvalue weighted by Crippen LogP contribution is -2.58. The number of morpholine rings is 1. The maximum absolute atomic E-state index is 11.7. The number of rotatable bonds is 2. The van der Waals surface area contributed by atoms with Crippen LogP contribution in [0.3, 0.4) is 0 Å². The Labute approximate surface area is 124 Å². The van der Waals surface area contributed by atoms with Crippen LogP contribution in [0, 0.1) is 0 Å². The van der Waals surface area contributed by atoms with Gasteiger partial charge < -0.3 is 14.4 Å². The lowest BCUT2D eigenvalue weighted by molar-refractivity contribution is -0.143. The van der Waals surface area contributed by atoms with E-state index in [2.05, 4.69) is 9.88 Å². The van der Waals surface area contributed by atoms with Crippen LogP contribution in [0.4, 0.5) is 0 Å². The predicted molar refractivity (Wildman–Crippen MR) is 76.7 cm³/mol. The SMILES string of the molecule is CN1CC2(COCC1=O)CN(Cc1ccncc1)CCO2. The first kappa shape index (κ1) is 14.4. The zero-order valence-corrected chi connectivity index (χ0v) is 12.3. The molecule has 1 aromatic heterocycles. The van der Waals surface area contributed by atoms with E-state index in [0.717, 1.165) is 19.6 Å². The van der Waals surface area contributed by atoms with E-state index in [-0.39, 0.29) is 12.5 Å². The van der Waals surface area contributed by atoms with Crippen molar-refractivity contribution in [1.82, 2.24) is 14.8 Å². The van der Waals surface area contributed by atoms with Crippen molar-refractivity contribution in [2.45, 2.75) is 12.1 Å². The molecule has 2 aliphatic heterocycles. The fourth-order valence-electron chi connectivity index (χ4n) is 2.99. The zero-order valence-electron chi connectivity index (χ0n) is 12.3. The number of pyridine rings is 1. The third-order valence-corrected chi connectivity index (χ3v) is 4.02. The normalized spacial score (nSPS) is 27.9. The molecule has 1 unspecified atom stereocenters. The fraction of sp³-hybridized carbons (Fsp3) is 0.600. The van der Waals surface area contributed by atoms with Crippen LogP contribution in [0.2, 0.25) is 0 Å². The highest BCUT2D eigenvalue weighted by Gasteiger charge is 2.41. The lowest BCUT2D eigenvalue weighted by atomic mass is 10.0. The van der Waals surface area contributed by atoms with E-state index >= 15 is 0 Å². The van der Waals surface area contributed by atoms with Gasteiger partial charge in [0.25, 0.3) is 0 Å². The van der Waals surface area contributed by atoms with Gasteiger partial charge in [-0.05, 0) is 17.7 Å². The highest BCUT2D eigenvalue weighted by Crippen LogP contribution is 2.23. The minimum Gasteiger partial charge on any atom is -0.369 e. The lowest BCUT2D eigenvalue weighted by Gasteiger charge is -2.42. The molecule has 2 fully saturated rings. The Balaban J connectivity index is 1.68. The summed E-state index contributed by atoms with van der Waals surface area (Å²) in [6, 6.07) is 4.06. The summed E-state index contributed by atoms with van der Waals surface area (Å²) in [6.07, 6.45) is 3.62. The van der Waals surface area contributed by atoms with Crippen molar-refractivity contribution in [2.24, 2.45) is 0 Å². The predicted octanol–water partition coefficient (Wildman–Crippen LogP) is 0.141. The minimum absolute atomic E-state index is 0.0155. The third kappa shape index (κ3) is 3.40. The molecule has 1 amide bonds. The quantitative estimate of drug-likeness (QED) is 0.776. The van der Waals surface area contributed by atoms with Crippen molar-refractivity contribution >= 4 is 5.91 Å². The van der Waals surface area contributed by atoms with Gasteiger partial charge in [-0.1, -0.05) is 0 Å². The molecule has 0 aromatic carbocycles. The number of amides is 1. The first-order chi connectivity index (χ1) is 10.2. The standard InChI is InChI=1S/C15H21N3O3/c1-17-10-15(12-20-9-14(17)19)11-18(6-7-21-15)8-13-2-4-16-5-3-13/h2-5H,6-12H2,1H3. The average molecular weight is 291 g/mol. The van der Waals surface area contributed by atoms with Gasteiger partial charge >= 0.3 is 0 Å². The molecular formula is C15H21N3O3. The maximum Gasteiger partial charge on any atom is 0.248 e. The molecule has 2 aliphatic rings. The highest BCUT2D eigenvalue weighted by atomic mass is 16.5. The molecule has 1 aromatic rings. The summed E-state index contributed by atoms with van der Waals surface area (Å²) in [5.74, 6) is 0.0155. The first-order valence-electron chi connectivity index (χ1n) is 7.24. The summed E-state index contributed by atoms with van der Waals surface area (Å²) in [5, 5.41) is 0. The topological polar surface area (TPSA) is 54.9 Å². The Kier molecular flexibility index (Phi) is 4.19. The molecule has 0 aliphatic carbocycles. The second-order valence-electron chi connectivity index (χ2n) is 5.84. The van der Waals surface area contributed by atoms with Crippen molar-refractivity contribution in [3.05, 3.63) is 30.1 Å². The highest BCUT2D eigenvalue weighted by molar-refractivity contribution is 5.77. The van der Waals surface area contributed by atoms with E-state index in [1.807, 2.05) is 31.6 Å². The second-order valence-corrected chi connectivity index (χ2v) is 5.84. The van der Waals surface area contributed by atoms with Gasteiger partial charge in [-0.2, -0.15) is 0 Å². The molecule has 1 spiro atoms. The van der Waals surface area contributed by atoms with E-state index in [1.165, 1.54) is 5.56 Å². The van der Waals surface area contributed by atoms with Gasteiger partial charge in [-0.15, -0.1) is 0 Å².